The van der Waals surface area contributed by atoms with Crippen molar-refractivity contribution in [3.63, 3.8) is 0 Å². The third-order valence-corrected chi connectivity index (χ3v) is 5.77. The third kappa shape index (κ3) is 4.49. The van der Waals surface area contributed by atoms with Crippen LogP contribution in [0.2, 0.25) is 0 Å². The molecule has 0 radical (unpaired) electrons. The minimum Gasteiger partial charge on any atom is -0.356 e. The highest BCUT2D eigenvalue weighted by atomic mass is 32.2. The first-order valence-electron chi connectivity index (χ1n) is 7.68. The molecule has 1 unspecified atom stereocenters. The number of halogens is 1. The molecule has 128 valence electrons. The van der Waals surface area contributed by atoms with Gasteiger partial charge in [-0.25, -0.2) is 12.8 Å². The predicted molar refractivity (Wildman–Crippen MR) is 84.6 cm³/mol. The number of hydrogen-bond acceptors (Lipinski definition) is 4. The second-order valence-corrected chi connectivity index (χ2v) is 7.53. The molecule has 6 nitrogen and oxygen atoms in total. The summed E-state index contributed by atoms with van der Waals surface area (Å²) in [6, 6.07) is 4.73. The number of sulfonamides is 1. The molecule has 1 aliphatic rings. The van der Waals surface area contributed by atoms with Gasteiger partial charge < -0.3 is 11.1 Å². The van der Waals surface area contributed by atoms with E-state index in [1.54, 1.807) is 0 Å². The number of hydrogen-bond donors (Lipinski definition) is 2. The minimum absolute atomic E-state index is 0.0445. The average molecular weight is 343 g/mol. The van der Waals surface area contributed by atoms with Gasteiger partial charge >= 0.3 is 0 Å². The Bertz CT molecular complexity index is 634. The molecule has 1 aromatic carbocycles. The molecular weight excluding hydrogens is 321 g/mol. The first kappa shape index (κ1) is 17.8. The number of carbonyl (C=O) groups excluding carboxylic acids is 1. The second kappa shape index (κ2) is 7.85. The van der Waals surface area contributed by atoms with Gasteiger partial charge in [0.15, 0.2) is 0 Å². The number of nitrogens with zero attached hydrogens (tertiary/aromatic N) is 1. The van der Waals surface area contributed by atoms with Crippen LogP contribution in [0, 0.1) is 11.7 Å². The molecular formula is C15H22FN3O3S. The molecule has 1 fully saturated rings. The lowest BCUT2D eigenvalue weighted by atomic mass is 9.99. The average Bonchev–Trinajstić information content (AvgIpc) is 2.55. The lowest BCUT2D eigenvalue weighted by molar-refractivity contribution is -0.126. The zero-order valence-corrected chi connectivity index (χ0v) is 13.7. The van der Waals surface area contributed by atoms with Crippen molar-refractivity contribution < 1.29 is 17.6 Å². The van der Waals surface area contributed by atoms with Crippen LogP contribution in [0.5, 0.6) is 0 Å². The van der Waals surface area contributed by atoms with E-state index in [0.717, 1.165) is 12.1 Å². The first-order chi connectivity index (χ1) is 10.9. The second-order valence-electron chi connectivity index (χ2n) is 5.59. The number of nitrogens with one attached hydrogen (secondary N) is 1. The molecule has 2 rings (SSSR count). The largest absolute Gasteiger partial charge is 0.356 e. The Morgan fingerprint density at radius 1 is 1.35 bits per heavy atom. The SMILES string of the molecule is NCCCNC(=O)C1CCCN(S(=O)(=O)c2ccc(F)cc2)C1. The van der Waals surface area contributed by atoms with Gasteiger partial charge in [-0.3, -0.25) is 4.79 Å². The van der Waals surface area contributed by atoms with Gasteiger partial charge in [0, 0.05) is 19.6 Å². The lowest BCUT2D eigenvalue weighted by Crippen LogP contribution is -2.45. The molecule has 1 aliphatic heterocycles. The minimum atomic E-state index is -3.70. The fraction of sp³-hybridized carbons (Fsp3) is 0.533. The molecule has 0 saturated carbocycles. The van der Waals surface area contributed by atoms with Gasteiger partial charge in [0.1, 0.15) is 5.82 Å². The van der Waals surface area contributed by atoms with E-state index in [-0.39, 0.29) is 23.3 Å². The van der Waals surface area contributed by atoms with E-state index in [1.807, 2.05) is 0 Å². The predicted octanol–water partition coefficient (Wildman–Crippen LogP) is 0.691. The van der Waals surface area contributed by atoms with Gasteiger partial charge in [-0.15, -0.1) is 0 Å². The van der Waals surface area contributed by atoms with Crippen molar-refractivity contribution in [2.24, 2.45) is 11.7 Å². The molecule has 8 heteroatoms. The Kier molecular flexibility index (Phi) is 6.09. The Morgan fingerprint density at radius 2 is 2.04 bits per heavy atom. The summed E-state index contributed by atoms with van der Waals surface area (Å²) in [6.45, 7) is 1.51. The third-order valence-electron chi connectivity index (χ3n) is 3.89. The van der Waals surface area contributed by atoms with Crippen LogP contribution in [0.3, 0.4) is 0 Å². The molecule has 1 atom stereocenters. The van der Waals surface area contributed by atoms with Crippen LogP contribution in [-0.2, 0) is 14.8 Å². The number of nitrogens with two attached hydrogens (primary N) is 1. The molecule has 1 heterocycles. The van der Waals surface area contributed by atoms with Crippen LogP contribution in [0.1, 0.15) is 19.3 Å². The molecule has 1 aromatic rings. The van der Waals surface area contributed by atoms with Crippen molar-refractivity contribution in [2.75, 3.05) is 26.2 Å². The van der Waals surface area contributed by atoms with Crippen LogP contribution in [0.15, 0.2) is 29.2 Å². The number of amides is 1. The van der Waals surface area contributed by atoms with Crippen molar-refractivity contribution >= 4 is 15.9 Å². The first-order valence-corrected chi connectivity index (χ1v) is 9.12. The van der Waals surface area contributed by atoms with Crippen LogP contribution < -0.4 is 11.1 Å². The van der Waals surface area contributed by atoms with E-state index in [4.69, 9.17) is 5.73 Å². The van der Waals surface area contributed by atoms with Crippen molar-refractivity contribution in [3.05, 3.63) is 30.1 Å². The van der Waals surface area contributed by atoms with Crippen LogP contribution in [0.4, 0.5) is 4.39 Å². The molecule has 0 aromatic heterocycles. The topological polar surface area (TPSA) is 92.5 Å². The maximum atomic E-state index is 13.0. The Morgan fingerprint density at radius 3 is 2.70 bits per heavy atom. The van der Waals surface area contributed by atoms with Crippen LogP contribution >= 0.6 is 0 Å². The summed E-state index contributed by atoms with van der Waals surface area (Å²) in [5.41, 5.74) is 5.38. The van der Waals surface area contributed by atoms with E-state index < -0.39 is 15.8 Å². The van der Waals surface area contributed by atoms with Crippen molar-refractivity contribution in [1.29, 1.82) is 0 Å². The Labute approximate surface area is 135 Å². The molecule has 3 N–H and O–H groups in total. The van der Waals surface area contributed by atoms with Crippen LogP contribution in [0.25, 0.3) is 0 Å². The summed E-state index contributed by atoms with van der Waals surface area (Å²) in [4.78, 5) is 12.1. The van der Waals surface area contributed by atoms with E-state index in [9.17, 15) is 17.6 Å². The van der Waals surface area contributed by atoms with E-state index in [1.165, 1.54) is 16.4 Å². The highest BCUT2D eigenvalue weighted by molar-refractivity contribution is 7.89. The van der Waals surface area contributed by atoms with E-state index in [2.05, 4.69) is 5.32 Å². The quantitative estimate of drug-likeness (QED) is 0.744. The summed E-state index contributed by atoms with van der Waals surface area (Å²) in [5.74, 6) is -0.992. The monoisotopic (exact) mass is 343 g/mol. The van der Waals surface area contributed by atoms with Gasteiger partial charge in [-0.05, 0) is 50.1 Å². The van der Waals surface area contributed by atoms with Gasteiger partial charge in [0.2, 0.25) is 15.9 Å². The zero-order valence-electron chi connectivity index (χ0n) is 12.9. The number of carbonyl (C=O) groups is 1. The summed E-state index contributed by atoms with van der Waals surface area (Å²) in [5, 5.41) is 2.78. The molecule has 0 aliphatic carbocycles. The molecule has 1 saturated heterocycles. The molecule has 0 bridgehead atoms. The normalized spacial score (nSPS) is 19.5. The van der Waals surface area contributed by atoms with Crippen molar-refractivity contribution in [1.82, 2.24) is 9.62 Å². The maximum Gasteiger partial charge on any atom is 0.243 e. The Hall–Kier alpha value is -1.51. The lowest BCUT2D eigenvalue weighted by Gasteiger charge is -2.31. The van der Waals surface area contributed by atoms with Crippen molar-refractivity contribution in [2.45, 2.75) is 24.2 Å². The zero-order chi connectivity index (χ0) is 16.9. The number of rotatable bonds is 6. The molecule has 1 amide bonds. The fourth-order valence-corrected chi connectivity index (χ4v) is 4.11. The Balaban J connectivity index is 2.05. The van der Waals surface area contributed by atoms with Gasteiger partial charge in [0.25, 0.3) is 0 Å². The summed E-state index contributed by atoms with van der Waals surface area (Å²) in [6.07, 6.45) is 1.97. The van der Waals surface area contributed by atoms with Gasteiger partial charge in [-0.1, -0.05) is 0 Å². The van der Waals surface area contributed by atoms with E-state index in [0.29, 0.717) is 38.9 Å². The van der Waals surface area contributed by atoms with Gasteiger partial charge in [0.05, 0.1) is 10.8 Å². The van der Waals surface area contributed by atoms with Gasteiger partial charge in [-0.2, -0.15) is 4.31 Å². The van der Waals surface area contributed by atoms with Crippen molar-refractivity contribution in [3.8, 4) is 0 Å². The van der Waals surface area contributed by atoms with Crippen LogP contribution in [-0.4, -0.2) is 44.8 Å². The number of piperidine rings is 1. The number of benzene rings is 1. The fourth-order valence-electron chi connectivity index (χ4n) is 2.59. The highest BCUT2D eigenvalue weighted by Crippen LogP contribution is 2.24. The molecule has 0 spiro atoms. The molecule has 23 heavy (non-hydrogen) atoms. The maximum absolute atomic E-state index is 13.0. The van der Waals surface area contributed by atoms with E-state index >= 15 is 0 Å². The standard InChI is InChI=1S/C15H22FN3O3S/c16-13-4-6-14(7-5-13)23(21,22)19-10-1-3-12(11-19)15(20)18-9-2-8-17/h4-7,12H,1-3,8-11,17H2,(H,18,20). The smallest absolute Gasteiger partial charge is 0.243 e. The highest BCUT2D eigenvalue weighted by Gasteiger charge is 2.33. The summed E-state index contributed by atoms with van der Waals surface area (Å²) < 4.78 is 39.4. The summed E-state index contributed by atoms with van der Waals surface area (Å²) in [7, 11) is -3.70. The summed E-state index contributed by atoms with van der Waals surface area (Å²) >= 11 is 0.